The lowest BCUT2D eigenvalue weighted by molar-refractivity contribution is -0.122. The van der Waals surface area contributed by atoms with Crippen molar-refractivity contribution in [3.8, 4) is 11.3 Å². The Morgan fingerprint density at radius 1 is 1.10 bits per heavy atom. The van der Waals surface area contributed by atoms with Crippen molar-refractivity contribution in [1.29, 1.82) is 0 Å². The SMILES string of the molecule is O=C(O)c1ccc(-c2ccc(/C=C3\SC(=O)N(CCc4ccccc4)C3=O)o2)cc1Cl. The molecule has 6 nitrogen and oxygen atoms in total. The highest BCUT2D eigenvalue weighted by Crippen LogP contribution is 2.34. The maximum absolute atomic E-state index is 12.7. The fraction of sp³-hybridized carbons (Fsp3) is 0.0870. The van der Waals surface area contributed by atoms with Gasteiger partial charge in [-0.2, -0.15) is 0 Å². The second kappa shape index (κ2) is 8.83. The number of benzene rings is 2. The number of carboxylic acid groups (broad SMARTS) is 1. The van der Waals surface area contributed by atoms with Gasteiger partial charge >= 0.3 is 5.97 Å². The average molecular weight is 454 g/mol. The van der Waals surface area contributed by atoms with Crippen molar-refractivity contribution in [3.05, 3.63) is 87.5 Å². The van der Waals surface area contributed by atoms with Gasteiger partial charge in [-0.1, -0.05) is 48.0 Å². The quantitative estimate of drug-likeness (QED) is 0.490. The Balaban J connectivity index is 1.49. The molecule has 1 fully saturated rings. The summed E-state index contributed by atoms with van der Waals surface area (Å²) < 4.78 is 5.76. The van der Waals surface area contributed by atoms with Crippen LogP contribution < -0.4 is 0 Å². The summed E-state index contributed by atoms with van der Waals surface area (Å²) in [6.07, 6.45) is 2.12. The van der Waals surface area contributed by atoms with Crippen molar-refractivity contribution < 1.29 is 23.9 Å². The Morgan fingerprint density at radius 3 is 2.58 bits per heavy atom. The number of halogens is 1. The lowest BCUT2D eigenvalue weighted by atomic mass is 10.1. The number of carbonyl (C=O) groups excluding carboxylic acids is 2. The van der Waals surface area contributed by atoms with E-state index in [1.54, 1.807) is 18.2 Å². The van der Waals surface area contributed by atoms with Crippen LogP contribution >= 0.6 is 23.4 Å². The van der Waals surface area contributed by atoms with Gasteiger partial charge in [-0.3, -0.25) is 14.5 Å². The summed E-state index contributed by atoms with van der Waals surface area (Å²) in [4.78, 5) is 37.6. The van der Waals surface area contributed by atoms with E-state index in [1.807, 2.05) is 30.3 Å². The zero-order valence-corrected chi connectivity index (χ0v) is 17.7. The predicted octanol–water partition coefficient (Wildman–Crippen LogP) is 5.58. The molecular formula is C23H16ClNO5S. The first-order valence-corrected chi connectivity index (χ1v) is 10.5. The third-order valence-corrected chi connectivity index (χ3v) is 5.94. The van der Waals surface area contributed by atoms with E-state index in [-0.39, 0.29) is 21.7 Å². The highest BCUT2D eigenvalue weighted by atomic mass is 35.5. The summed E-state index contributed by atoms with van der Waals surface area (Å²) >= 11 is 6.89. The van der Waals surface area contributed by atoms with E-state index in [9.17, 15) is 14.4 Å². The first-order valence-electron chi connectivity index (χ1n) is 9.35. The highest BCUT2D eigenvalue weighted by Gasteiger charge is 2.34. The number of aromatic carboxylic acids is 1. The molecule has 1 aromatic heterocycles. The molecule has 0 spiro atoms. The van der Waals surface area contributed by atoms with Crippen LogP contribution in [0.3, 0.4) is 0 Å². The first-order chi connectivity index (χ1) is 14.9. The molecule has 1 N–H and O–H groups in total. The maximum atomic E-state index is 12.7. The zero-order chi connectivity index (χ0) is 22.0. The normalized spacial score (nSPS) is 15.1. The second-order valence-electron chi connectivity index (χ2n) is 6.77. The number of amides is 2. The number of carbonyl (C=O) groups is 3. The topological polar surface area (TPSA) is 87.8 Å². The Labute approximate surface area is 187 Å². The van der Waals surface area contributed by atoms with E-state index in [2.05, 4.69) is 0 Å². The van der Waals surface area contributed by atoms with Crippen LogP contribution in [0.5, 0.6) is 0 Å². The fourth-order valence-electron chi connectivity index (χ4n) is 3.13. The Kier molecular flexibility index (Phi) is 5.97. The molecule has 2 heterocycles. The van der Waals surface area contributed by atoms with Crippen LogP contribution in [-0.4, -0.2) is 33.7 Å². The van der Waals surface area contributed by atoms with Crippen molar-refractivity contribution in [2.75, 3.05) is 6.54 Å². The first kappa shape index (κ1) is 21.0. The monoisotopic (exact) mass is 453 g/mol. The van der Waals surface area contributed by atoms with Crippen LogP contribution in [0.1, 0.15) is 21.7 Å². The minimum Gasteiger partial charge on any atom is -0.478 e. The third-order valence-electron chi connectivity index (χ3n) is 4.72. The minimum atomic E-state index is -1.11. The number of rotatable bonds is 6. The van der Waals surface area contributed by atoms with Crippen molar-refractivity contribution >= 4 is 46.6 Å². The van der Waals surface area contributed by atoms with Gasteiger partial charge in [0.1, 0.15) is 11.5 Å². The van der Waals surface area contributed by atoms with E-state index < -0.39 is 5.97 Å². The van der Waals surface area contributed by atoms with E-state index in [0.717, 1.165) is 17.3 Å². The predicted molar refractivity (Wildman–Crippen MR) is 119 cm³/mol. The minimum absolute atomic E-state index is 0.00127. The molecule has 1 aliphatic rings. The Bertz CT molecular complexity index is 1200. The maximum Gasteiger partial charge on any atom is 0.337 e. The molecule has 2 amide bonds. The van der Waals surface area contributed by atoms with E-state index in [0.29, 0.717) is 35.0 Å². The van der Waals surface area contributed by atoms with Gasteiger partial charge in [0.25, 0.3) is 11.1 Å². The summed E-state index contributed by atoms with van der Waals surface area (Å²) in [5, 5.41) is 8.87. The Morgan fingerprint density at radius 2 is 1.87 bits per heavy atom. The zero-order valence-electron chi connectivity index (χ0n) is 16.1. The van der Waals surface area contributed by atoms with Crippen molar-refractivity contribution in [2.45, 2.75) is 6.42 Å². The summed E-state index contributed by atoms with van der Waals surface area (Å²) in [5.41, 5.74) is 1.65. The third kappa shape index (κ3) is 4.57. The molecule has 0 unspecified atom stereocenters. The molecule has 1 saturated heterocycles. The summed E-state index contributed by atoms with van der Waals surface area (Å²) in [5.74, 6) is -0.590. The van der Waals surface area contributed by atoms with Crippen molar-refractivity contribution in [2.24, 2.45) is 0 Å². The van der Waals surface area contributed by atoms with Crippen LogP contribution in [0.25, 0.3) is 17.4 Å². The molecule has 0 radical (unpaired) electrons. The molecule has 0 atom stereocenters. The van der Waals surface area contributed by atoms with Crippen LogP contribution in [0.4, 0.5) is 4.79 Å². The molecule has 0 aliphatic carbocycles. The smallest absolute Gasteiger partial charge is 0.337 e. The average Bonchev–Trinajstić information content (AvgIpc) is 3.32. The number of thioether (sulfide) groups is 1. The number of hydrogen-bond acceptors (Lipinski definition) is 5. The van der Waals surface area contributed by atoms with Gasteiger partial charge in [0, 0.05) is 18.2 Å². The molecule has 8 heteroatoms. The number of nitrogens with zero attached hydrogens (tertiary/aromatic N) is 1. The van der Waals surface area contributed by atoms with Crippen molar-refractivity contribution in [3.63, 3.8) is 0 Å². The van der Waals surface area contributed by atoms with E-state index >= 15 is 0 Å². The number of furan rings is 1. The van der Waals surface area contributed by atoms with Gasteiger partial charge in [0.05, 0.1) is 15.5 Å². The lowest BCUT2D eigenvalue weighted by Crippen LogP contribution is -2.30. The van der Waals surface area contributed by atoms with Crippen LogP contribution in [0, 0.1) is 0 Å². The molecule has 0 bridgehead atoms. The van der Waals surface area contributed by atoms with Gasteiger partial charge in [-0.15, -0.1) is 0 Å². The molecule has 4 rings (SSSR count). The molecule has 2 aromatic carbocycles. The molecule has 0 saturated carbocycles. The van der Waals surface area contributed by atoms with Gasteiger partial charge in [0.2, 0.25) is 0 Å². The number of carboxylic acids is 1. The molecule has 1 aliphatic heterocycles. The summed E-state index contributed by atoms with van der Waals surface area (Å²) in [7, 11) is 0. The van der Waals surface area contributed by atoms with E-state index in [4.69, 9.17) is 21.1 Å². The van der Waals surface area contributed by atoms with Crippen molar-refractivity contribution in [1.82, 2.24) is 4.90 Å². The molecular weight excluding hydrogens is 438 g/mol. The molecule has 3 aromatic rings. The van der Waals surface area contributed by atoms with Crippen LogP contribution in [-0.2, 0) is 11.2 Å². The van der Waals surface area contributed by atoms with Gasteiger partial charge in [0.15, 0.2) is 0 Å². The summed E-state index contributed by atoms with van der Waals surface area (Å²) in [6.45, 7) is 0.309. The summed E-state index contributed by atoms with van der Waals surface area (Å²) in [6, 6.07) is 17.5. The largest absolute Gasteiger partial charge is 0.478 e. The standard InChI is InChI=1S/C23H16ClNO5S/c24-18-12-15(6-8-17(18)22(27)28)19-9-7-16(30-19)13-20-21(26)25(23(29)31-20)11-10-14-4-2-1-3-5-14/h1-9,12-13H,10-11H2,(H,27,28)/b20-13-. The lowest BCUT2D eigenvalue weighted by Gasteiger charge is -2.11. The second-order valence-corrected chi connectivity index (χ2v) is 8.17. The highest BCUT2D eigenvalue weighted by molar-refractivity contribution is 8.18. The fourth-order valence-corrected chi connectivity index (χ4v) is 4.24. The van der Waals surface area contributed by atoms with Gasteiger partial charge in [-0.05, 0) is 48.0 Å². The molecule has 31 heavy (non-hydrogen) atoms. The van der Waals surface area contributed by atoms with Crippen LogP contribution in [0.2, 0.25) is 5.02 Å². The van der Waals surface area contributed by atoms with Gasteiger partial charge in [-0.25, -0.2) is 4.79 Å². The van der Waals surface area contributed by atoms with Crippen LogP contribution in [0.15, 0.2) is 70.0 Å². The number of imide groups is 1. The molecule has 156 valence electrons. The van der Waals surface area contributed by atoms with E-state index in [1.165, 1.54) is 23.1 Å². The number of hydrogen-bond donors (Lipinski definition) is 1. The van der Waals surface area contributed by atoms with Gasteiger partial charge < -0.3 is 9.52 Å². The Hall–Kier alpha value is -3.29.